The first kappa shape index (κ1) is 20.8. The molecule has 0 saturated carbocycles. The molecule has 0 aliphatic heterocycles. The lowest BCUT2D eigenvalue weighted by Gasteiger charge is -2.12. The van der Waals surface area contributed by atoms with Gasteiger partial charge >= 0.3 is 0 Å². The maximum Gasteiger partial charge on any atom is 0.251 e. The molecular weight excluding hydrogens is 340 g/mol. The van der Waals surface area contributed by atoms with E-state index in [2.05, 4.69) is 29.3 Å². The van der Waals surface area contributed by atoms with Crippen LogP contribution in [0.3, 0.4) is 0 Å². The Bertz CT molecular complexity index is 727. The third kappa shape index (κ3) is 6.61. The molecule has 0 aromatic heterocycles. The standard InChI is InChI=1S/C22H30N2O3/c1-5-6-13-27-20-12-11-19(14-21(20)26-4)22(25)23-15-17-7-9-18(10-8-17)16-24(2)3/h7-12,14H,5-6,13,15-16H2,1-4H3,(H,23,25). The van der Waals surface area contributed by atoms with Crippen molar-refractivity contribution in [1.29, 1.82) is 0 Å². The second-order valence-electron chi connectivity index (χ2n) is 6.80. The molecule has 2 aromatic rings. The summed E-state index contributed by atoms with van der Waals surface area (Å²) in [5.74, 6) is 1.11. The van der Waals surface area contributed by atoms with E-state index in [1.165, 1.54) is 5.56 Å². The number of nitrogens with one attached hydrogen (secondary N) is 1. The SMILES string of the molecule is CCCCOc1ccc(C(=O)NCc2ccc(CN(C)C)cc2)cc1OC. The van der Waals surface area contributed by atoms with E-state index in [9.17, 15) is 4.79 Å². The summed E-state index contributed by atoms with van der Waals surface area (Å²) in [5, 5.41) is 2.95. The highest BCUT2D eigenvalue weighted by atomic mass is 16.5. The third-order valence-electron chi connectivity index (χ3n) is 4.16. The normalized spacial score (nSPS) is 10.7. The number of unbranched alkanes of at least 4 members (excludes halogenated alkanes) is 1. The summed E-state index contributed by atoms with van der Waals surface area (Å²) in [6.07, 6.45) is 2.05. The zero-order valence-electron chi connectivity index (χ0n) is 16.7. The Hall–Kier alpha value is -2.53. The number of carbonyl (C=O) groups excluding carboxylic acids is 1. The number of carbonyl (C=O) groups is 1. The molecule has 0 fully saturated rings. The van der Waals surface area contributed by atoms with Gasteiger partial charge in [-0.1, -0.05) is 37.6 Å². The fraction of sp³-hybridized carbons (Fsp3) is 0.409. The summed E-state index contributed by atoms with van der Waals surface area (Å²) in [7, 11) is 5.67. The minimum absolute atomic E-state index is 0.134. The first-order chi connectivity index (χ1) is 13.0. The maximum absolute atomic E-state index is 12.5. The van der Waals surface area contributed by atoms with Gasteiger partial charge in [0.15, 0.2) is 11.5 Å². The number of amides is 1. The zero-order valence-corrected chi connectivity index (χ0v) is 16.7. The van der Waals surface area contributed by atoms with Gasteiger partial charge in [-0.05, 0) is 49.8 Å². The topological polar surface area (TPSA) is 50.8 Å². The second-order valence-corrected chi connectivity index (χ2v) is 6.80. The van der Waals surface area contributed by atoms with Gasteiger partial charge in [0.05, 0.1) is 13.7 Å². The highest BCUT2D eigenvalue weighted by molar-refractivity contribution is 5.94. The summed E-state index contributed by atoms with van der Waals surface area (Å²) < 4.78 is 11.1. The van der Waals surface area contributed by atoms with Crippen LogP contribution in [0.5, 0.6) is 11.5 Å². The van der Waals surface area contributed by atoms with Gasteiger partial charge in [0.25, 0.3) is 5.91 Å². The van der Waals surface area contributed by atoms with Gasteiger partial charge in [0, 0.05) is 18.7 Å². The van der Waals surface area contributed by atoms with E-state index in [1.807, 2.05) is 26.2 Å². The fourth-order valence-electron chi connectivity index (χ4n) is 2.67. The molecule has 146 valence electrons. The van der Waals surface area contributed by atoms with Gasteiger partial charge in [-0.3, -0.25) is 4.79 Å². The molecule has 2 rings (SSSR count). The molecule has 0 heterocycles. The number of benzene rings is 2. The summed E-state index contributed by atoms with van der Waals surface area (Å²) in [6, 6.07) is 13.5. The predicted molar refractivity (Wildman–Crippen MR) is 108 cm³/mol. The molecule has 0 saturated heterocycles. The van der Waals surface area contributed by atoms with Crippen molar-refractivity contribution in [2.24, 2.45) is 0 Å². The van der Waals surface area contributed by atoms with Crippen LogP contribution in [0.1, 0.15) is 41.3 Å². The molecule has 2 aromatic carbocycles. The lowest BCUT2D eigenvalue weighted by molar-refractivity contribution is 0.0950. The minimum atomic E-state index is -0.134. The minimum Gasteiger partial charge on any atom is -0.493 e. The van der Waals surface area contributed by atoms with Crippen LogP contribution in [0.2, 0.25) is 0 Å². The monoisotopic (exact) mass is 370 g/mol. The third-order valence-corrected chi connectivity index (χ3v) is 4.16. The van der Waals surface area contributed by atoms with Crippen molar-refractivity contribution in [3.05, 3.63) is 59.2 Å². The number of hydrogen-bond donors (Lipinski definition) is 1. The molecule has 1 N–H and O–H groups in total. The summed E-state index contributed by atoms with van der Waals surface area (Å²) in [5.41, 5.74) is 2.87. The van der Waals surface area contributed by atoms with Crippen LogP contribution in [-0.4, -0.2) is 38.6 Å². The molecule has 5 nitrogen and oxygen atoms in total. The number of nitrogens with zero attached hydrogens (tertiary/aromatic N) is 1. The van der Waals surface area contributed by atoms with Gasteiger partial charge in [-0.2, -0.15) is 0 Å². The summed E-state index contributed by atoms with van der Waals surface area (Å²) in [4.78, 5) is 14.6. The van der Waals surface area contributed by atoms with Crippen molar-refractivity contribution in [2.45, 2.75) is 32.9 Å². The van der Waals surface area contributed by atoms with Crippen molar-refractivity contribution in [2.75, 3.05) is 27.8 Å². The van der Waals surface area contributed by atoms with E-state index in [1.54, 1.807) is 25.3 Å². The van der Waals surface area contributed by atoms with Gasteiger partial charge in [0.1, 0.15) is 0 Å². The van der Waals surface area contributed by atoms with Crippen LogP contribution in [0.4, 0.5) is 0 Å². The summed E-state index contributed by atoms with van der Waals surface area (Å²) in [6.45, 7) is 4.14. The Morgan fingerprint density at radius 2 is 1.74 bits per heavy atom. The average Bonchev–Trinajstić information content (AvgIpc) is 2.67. The molecule has 0 aliphatic carbocycles. The van der Waals surface area contributed by atoms with Crippen LogP contribution in [0, 0.1) is 0 Å². The first-order valence-electron chi connectivity index (χ1n) is 9.35. The van der Waals surface area contributed by atoms with Crippen LogP contribution in [0.15, 0.2) is 42.5 Å². The quantitative estimate of drug-likeness (QED) is 0.645. The van der Waals surface area contributed by atoms with E-state index >= 15 is 0 Å². The summed E-state index contributed by atoms with van der Waals surface area (Å²) >= 11 is 0. The number of hydrogen-bond acceptors (Lipinski definition) is 4. The molecule has 27 heavy (non-hydrogen) atoms. The largest absolute Gasteiger partial charge is 0.493 e. The molecule has 0 unspecified atom stereocenters. The first-order valence-corrected chi connectivity index (χ1v) is 9.35. The van der Waals surface area contributed by atoms with E-state index in [4.69, 9.17) is 9.47 Å². The Morgan fingerprint density at radius 3 is 2.37 bits per heavy atom. The molecule has 0 bridgehead atoms. The van der Waals surface area contributed by atoms with Crippen LogP contribution >= 0.6 is 0 Å². The second kappa shape index (κ2) is 10.6. The van der Waals surface area contributed by atoms with Crippen LogP contribution < -0.4 is 14.8 Å². The molecule has 5 heteroatoms. The zero-order chi connectivity index (χ0) is 19.6. The highest BCUT2D eigenvalue weighted by Crippen LogP contribution is 2.28. The van der Waals surface area contributed by atoms with Gasteiger partial charge in [-0.25, -0.2) is 0 Å². The maximum atomic E-state index is 12.5. The van der Waals surface area contributed by atoms with E-state index < -0.39 is 0 Å². The number of rotatable bonds is 10. The lowest BCUT2D eigenvalue weighted by Crippen LogP contribution is -2.22. The van der Waals surface area contributed by atoms with Gasteiger partial charge < -0.3 is 19.7 Å². The molecule has 0 spiro atoms. The molecule has 0 aliphatic rings. The number of methoxy groups -OCH3 is 1. The predicted octanol–water partition coefficient (Wildman–Crippen LogP) is 3.87. The van der Waals surface area contributed by atoms with Crippen molar-refractivity contribution < 1.29 is 14.3 Å². The average molecular weight is 370 g/mol. The van der Waals surface area contributed by atoms with Crippen molar-refractivity contribution in [3.8, 4) is 11.5 Å². The Morgan fingerprint density at radius 1 is 1.04 bits per heavy atom. The van der Waals surface area contributed by atoms with Crippen molar-refractivity contribution in [1.82, 2.24) is 10.2 Å². The highest BCUT2D eigenvalue weighted by Gasteiger charge is 2.11. The number of ether oxygens (including phenoxy) is 2. The molecule has 1 amide bonds. The van der Waals surface area contributed by atoms with Gasteiger partial charge in [-0.15, -0.1) is 0 Å². The van der Waals surface area contributed by atoms with Crippen LogP contribution in [-0.2, 0) is 13.1 Å². The Labute approximate surface area is 162 Å². The van der Waals surface area contributed by atoms with E-state index in [0.29, 0.717) is 30.2 Å². The van der Waals surface area contributed by atoms with Gasteiger partial charge in [0.2, 0.25) is 0 Å². The fourth-order valence-corrected chi connectivity index (χ4v) is 2.67. The Kier molecular flexibility index (Phi) is 8.14. The van der Waals surface area contributed by atoms with Crippen molar-refractivity contribution in [3.63, 3.8) is 0 Å². The Balaban J connectivity index is 1.95. The van der Waals surface area contributed by atoms with E-state index in [0.717, 1.165) is 24.9 Å². The molecule has 0 radical (unpaired) electrons. The van der Waals surface area contributed by atoms with E-state index in [-0.39, 0.29) is 5.91 Å². The van der Waals surface area contributed by atoms with Crippen molar-refractivity contribution >= 4 is 5.91 Å². The smallest absolute Gasteiger partial charge is 0.251 e. The molecular formula is C22H30N2O3. The lowest BCUT2D eigenvalue weighted by atomic mass is 10.1. The molecule has 0 atom stereocenters. The van der Waals surface area contributed by atoms with Crippen LogP contribution in [0.25, 0.3) is 0 Å².